The highest BCUT2D eigenvalue weighted by molar-refractivity contribution is 7.92. The number of rotatable bonds is 9. The molecule has 0 unspecified atom stereocenters. The molecule has 0 saturated carbocycles. The Morgan fingerprint density at radius 3 is 1.96 bits per heavy atom. The summed E-state index contributed by atoms with van der Waals surface area (Å²) in [5.41, 5.74) is 0.234. The first-order chi connectivity index (χ1) is 13.1. The third-order valence-electron chi connectivity index (χ3n) is 3.72. The van der Waals surface area contributed by atoms with Crippen molar-refractivity contribution >= 4 is 25.7 Å². The average molecular weight is 429 g/mol. The molecule has 0 saturated heterocycles. The van der Waals surface area contributed by atoms with E-state index in [1.165, 1.54) is 44.4 Å². The van der Waals surface area contributed by atoms with Crippen LogP contribution in [0, 0.1) is 0 Å². The molecule has 0 bridgehead atoms. The van der Waals surface area contributed by atoms with Crippen molar-refractivity contribution in [3.8, 4) is 11.5 Å². The zero-order chi connectivity index (χ0) is 20.9. The number of sulfonamides is 2. The van der Waals surface area contributed by atoms with Crippen LogP contribution in [0.3, 0.4) is 0 Å². The lowest BCUT2D eigenvalue weighted by molar-refractivity contribution is 0.332. The van der Waals surface area contributed by atoms with Crippen molar-refractivity contribution in [1.29, 1.82) is 0 Å². The van der Waals surface area contributed by atoms with Gasteiger partial charge in [-0.15, -0.1) is 0 Å². The second kappa shape index (κ2) is 8.80. The average Bonchev–Trinajstić information content (AvgIpc) is 2.64. The maximum atomic E-state index is 12.8. The predicted octanol–water partition coefficient (Wildman–Crippen LogP) is 2.54. The second-order valence-corrected chi connectivity index (χ2v) is 9.72. The summed E-state index contributed by atoms with van der Waals surface area (Å²) in [6, 6.07) is 9.84. The van der Waals surface area contributed by atoms with Crippen molar-refractivity contribution < 1.29 is 26.3 Å². The van der Waals surface area contributed by atoms with Gasteiger partial charge in [0, 0.05) is 20.2 Å². The lowest BCUT2D eigenvalue weighted by Crippen LogP contribution is -2.22. The number of hydrogen-bond donors (Lipinski definition) is 1. The molecule has 0 aromatic heterocycles. The predicted molar refractivity (Wildman–Crippen MR) is 107 cm³/mol. The van der Waals surface area contributed by atoms with Crippen LogP contribution in [-0.4, -0.2) is 48.4 Å². The molecule has 0 amide bonds. The van der Waals surface area contributed by atoms with E-state index in [0.717, 1.165) is 4.31 Å². The Balaban J connectivity index is 2.37. The van der Waals surface area contributed by atoms with Crippen LogP contribution in [-0.2, 0) is 20.0 Å². The van der Waals surface area contributed by atoms with Crippen molar-refractivity contribution in [2.75, 3.05) is 32.0 Å². The molecule has 2 aromatic rings. The van der Waals surface area contributed by atoms with Crippen LogP contribution in [0.1, 0.15) is 13.8 Å². The van der Waals surface area contributed by atoms with Crippen LogP contribution in [0.15, 0.2) is 52.3 Å². The van der Waals surface area contributed by atoms with Gasteiger partial charge in [0.2, 0.25) is 10.0 Å². The molecule has 0 radical (unpaired) electrons. The summed E-state index contributed by atoms with van der Waals surface area (Å²) in [4.78, 5) is -0.0701. The molecule has 10 heteroatoms. The van der Waals surface area contributed by atoms with Gasteiger partial charge in [0.25, 0.3) is 10.0 Å². The summed E-state index contributed by atoms with van der Waals surface area (Å²) >= 11 is 0. The third-order valence-corrected chi connectivity index (χ3v) is 6.93. The highest BCUT2D eigenvalue weighted by Crippen LogP contribution is 2.31. The van der Waals surface area contributed by atoms with Gasteiger partial charge in [0.15, 0.2) is 0 Å². The molecule has 0 aliphatic heterocycles. The molecule has 0 aliphatic rings. The van der Waals surface area contributed by atoms with Crippen molar-refractivity contribution in [3.05, 3.63) is 42.5 Å². The fraction of sp³-hybridized carbons (Fsp3) is 0.333. The maximum absolute atomic E-state index is 12.8. The van der Waals surface area contributed by atoms with Crippen LogP contribution >= 0.6 is 0 Å². The van der Waals surface area contributed by atoms with E-state index in [-0.39, 0.29) is 15.5 Å². The maximum Gasteiger partial charge on any atom is 0.262 e. The van der Waals surface area contributed by atoms with Crippen molar-refractivity contribution in [1.82, 2.24) is 4.31 Å². The van der Waals surface area contributed by atoms with Crippen LogP contribution in [0.2, 0.25) is 0 Å². The largest absolute Gasteiger partial charge is 0.494 e. The molecule has 0 spiro atoms. The van der Waals surface area contributed by atoms with E-state index in [1.807, 2.05) is 6.92 Å². The van der Waals surface area contributed by atoms with E-state index < -0.39 is 20.0 Å². The van der Waals surface area contributed by atoms with Gasteiger partial charge in [0.05, 0.1) is 28.7 Å². The van der Waals surface area contributed by atoms with Gasteiger partial charge in [-0.05, 0) is 50.2 Å². The number of ether oxygens (including phenoxy) is 2. The molecule has 0 fully saturated rings. The van der Waals surface area contributed by atoms with Crippen LogP contribution in [0.25, 0.3) is 0 Å². The SMILES string of the molecule is CCOc1ccc(OCC)c(NS(=O)(=O)c2ccc(S(=O)(=O)N(C)C)cc2)c1. The van der Waals surface area contributed by atoms with E-state index in [0.29, 0.717) is 24.7 Å². The zero-order valence-electron chi connectivity index (χ0n) is 16.2. The summed E-state index contributed by atoms with van der Waals surface area (Å²) < 4.78 is 64.2. The lowest BCUT2D eigenvalue weighted by atomic mass is 10.3. The number of nitrogens with one attached hydrogen (secondary N) is 1. The fourth-order valence-electron chi connectivity index (χ4n) is 2.33. The molecule has 28 heavy (non-hydrogen) atoms. The number of nitrogens with zero attached hydrogens (tertiary/aromatic N) is 1. The van der Waals surface area contributed by atoms with Gasteiger partial charge < -0.3 is 9.47 Å². The minimum Gasteiger partial charge on any atom is -0.494 e. The van der Waals surface area contributed by atoms with Crippen LogP contribution < -0.4 is 14.2 Å². The first kappa shape index (κ1) is 22.0. The van der Waals surface area contributed by atoms with E-state index in [4.69, 9.17) is 9.47 Å². The summed E-state index contributed by atoms with van der Waals surface area (Å²) in [7, 11) is -4.79. The first-order valence-electron chi connectivity index (χ1n) is 8.57. The van der Waals surface area contributed by atoms with Gasteiger partial charge in [0.1, 0.15) is 11.5 Å². The van der Waals surface area contributed by atoms with Gasteiger partial charge in [-0.25, -0.2) is 21.1 Å². The molecular weight excluding hydrogens is 404 g/mol. The van der Waals surface area contributed by atoms with E-state index in [1.54, 1.807) is 19.1 Å². The normalized spacial score (nSPS) is 12.0. The van der Waals surface area contributed by atoms with Gasteiger partial charge in [-0.2, -0.15) is 0 Å². The molecular formula is C18H24N2O6S2. The third kappa shape index (κ3) is 4.94. The number of benzene rings is 2. The lowest BCUT2D eigenvalue weighted by Gasteiger charge is -2.15. The summed E-state index contributed by atoms with van der Waals surface area (Å²) in [6.07, 6.45) is 0. The van der Waals surface area contributed by atoms with E-state index in [9.17, 15) is 16.8 Å². The summed E-state index contributed by atoms with van der Waals surface area (Å²) in [5, 5.41) is 0. The smallest absolute Gasteiger partial charge is 0.262 e. The Labute approximate surface area is 166 Å². The Kier molecular flexibility index (Phi) is 6.91. The van der Waals surface area contributed by atoms with E-state index >= 15 is 0 Å². The standard InChI is InChI=1S/C18H24N2O6S2/c1-5-25-14-7-12-18(26-6-2)17(13-14)19-27(21,22)15-8-10-16(11-9-15)28(23,24)20(3)4/h7-13,19H,5-6H2,1-4H3. The Bertz CT molecular complexity index is 1020. The van der Waals surface area contributed by atoms with Crippen LogP contribution in [0.4, 0.5) is 5.69 Å². The van der Waals surface area contributed by atoms with Crippen molar-refractivity contribution in [3.63, 3.8) is 0 Å². The van der Waals surface area contributed by atoms with Gasteiger partial charge >= 0.3 is 0 Å². The molecule has 154 valence electrons. The zero-order valence-corrected chi connectivity index (χ0v) is 17.8. The van der Waals surface area contributed by atoms with Crippen molar-refractivity contribution in [2.45, 2.75) is 23.6 Å². The molecule has 8 nitrogen and oxygen atoms in total. The number of anilines is 1. The molecule has 2 rings (SSSR count). The Morgan fingerprint density at radius 2 is 1.43 bits per heavy atom. The minimum absolute atomic E-state index is 0.00444. The molecule has 2 aromatic carbocycles. The molecule has 0 aliphatic carbocycles. The van der Waals surface area contributed by atoms with Crippen LogP contribution in [0.5, 0.6) is 11.5 Å². The fourth-order valence-corrected chi connectivity index (χ4v) is 4.29. The van der Waals surface area contributed by atoms with E-state index in [2.05, 4.69) is 4.72 Å². The highest BCUT2D eigenvalue weighted by atomic mass is 32.2. The first-order valence-corrected chi connectivity index (χ1v) is 11.5. The molecule has 0 heterocycles. The molecule has 0 atom stereocenters. The molecule has 1 N–H and O–H groups in total. The highest BCUT2D eigenvalue weighted by Gasteiger charge is 2.21. The van der Waals surface area contributed by atoms with Gasteiger partial charge in [-0.3, -0.25) is 4.72 Å². The minimum atomic E-state index is -3.96. The van der Waals surface area contributed by atoms with Gasteiger partial charge in [-0.1, -0.05) is 0 Å². The Morgan fingerprint density at radius 1 is 0.857 bits per heavy atom. The monoisotopic (exact) mass is 428 g/mol. The topological polar surface area (TPSA) is 102 Å². The summed E-state index contributed by atoms with van der Waals surface area (Å²) in [5.74, 6) is 0.859. The van der Waals surface area contributed by atoms with Crippen molar-refractivity contribution in [2.24, 2.45) is 0 Å². The Hall–Kier alpha value is -2.30. The summed E-state index contributed by atoms with van der Waals surface area (Å²) in [6.45, 7) is 4.41. The number of hydrogen-bond acceptors (Lipinski definition) is 6. The quantitative estimate of drug-likeness (QED) is 0.659. The second-order valence-electron chi connectivity index (χ2n) is 5.89.